The fourth-order valence-electron chi connectivity index (χ4n) is 8.61. The van der Waals surface area contributed by atoms with Crippen molar-refractivity contribution >= 4 is 43.7 Å². The summed E-state index contributed by atoms with van der Waals surface area (Å²) in [5, 5.41) is 4.72. The minimum Gasteiger partial charge on any atom is -0.456 e. The third-order valence-corrected chi connectivity index (χ3v) is 10.9. The van der Waals surface area contributed by atoms with E-state index in [9.17, 15) is 0 Å². The molecular weight excluding hydrogens is 619 g/mol. The standard InChI is InChI=1S/C49H31NO/c1-3-12-31(13-4-1)33-16-11-17-36(28-33)50-44-26-23-35(30-43(44)40-25-27-46-48(49(40)50)41-20-9-10-21-45(41)51-46)34-22-24-39-42(29-34)37-18-7-8-19-38(37)47(39)32-14-5-2-6-15-32/h1-30,47H. The molecule has 2 aromatic heterocycles. The minimum absolute atomic E-state index is 0.241. The normalized spacial score (nSPS) is 13.7. The summed E-state index contributed by atoms with van der Waals surface area (Å²) in [6.07, 6.45) is 0. The highest BCUT2D eigenvalue weighted by molar-refractivity contribution is 6.24. The van der Waals surface area contributed by atoms with Crippen molar-refractivity contribution < 1.29 is 4.42 Å². The zero-order valence-electron chi connectivity index (χ0n) is 27.8. The predicted molar refractivity (Wildman–Crippen MR) is 212 cm³/mol. The van der Waals surface area contributed by atoms with Crippen molar-refractivity contribution in [3.8, 4) is 39.1 Å². The molecule has 51 heavy (non-hydrogen) atoms. The van der Waals surface area contributed by atoms with Crippen molar-refractivity contribution in [3.05, 3.63) is 199 Å². The van der Waals surface area contributed by atoms with Gasteiger partial charge in [0.05, 0.1) is 16.4 Å². The molecule has 0 saturated heterocycles. The lowest BCUT2D eigenvalue weighted by Gasteiger charge is -2.14. The second-order valence-corrected chi connectivity index (χ2v) is 13.6. The van der Waals surface area contributed by atoms with Gasteiger partial charge in [-0.2, -0.15) is 0 Å². The van der Waals surface area contributed by atoms with Crippen molar-refractivity contribution in [2.24, 2.45) is 0 Å². The summed E-state index contributed by atoms with van der Waals surface area (Å²) in [7, 11) is 0. The van der Waals surface area contributed by atoms with Gasteiger partial charge in [-0.3, -0.25) is 0 Å². The van der Waals surface area contributed by atoms with E-state index in [-0.39, 0.29) is 5.92 Å². The monoisotopic (exact) mass is 649 g/mol. The van der Waals surface area contributed by atoms with Crippen LogP contribution in [0, 0.1) is 0 Å². The molecule has 1 atom stereocenters. The lowest BCUT2D eigenvalue weighted by molar-refractivity contribution is 0.669. The molecular formula is C49H31NO. The average molecular weight is 650 g/mol. The summed E-state index contributed by atoms with van der Waals surface area (Å²) in [4.78, 5) is 0. The Balaban J connectivity index is 1.15. The molecule has 1 aliphatic rings. The van der Waals surface area contributed by atoms with E-state index in [1.54, 1.807) is 0 Å². The third kappa shape index (κ3) is 4.23. The van der Waals surface area contributed by atoms with Crippen molar-refractivity contribution in [2.45, 2.75) is 5.92 Å². The Morgan fingerprint density at radius 3 is 2.02 bits per heavy atom. The first-order chi connectivity index (χ1) is 25.3. The van der Waals surface area contributed by atoms with E-state index in [2.05, 4.69) is 180 Å². The number of hydrogen-bond donors (Lipinski definition) is 0. The second kappa shape index (κ2) is 10.9. The summed E-state index contributed by atoms with van der Waals surface area (Å²) in [5.41, 5.74) is 16.8. The van der Waals surface area contributed by atoms with Crippen molar-refractivity contribution in [2.75, 3.05) is 0 Å². The van der Waals surface area contributed by atoms with Crippen LogP contribution in [0.15, 0.2) is 186 Å². The van der Waals surface area contributed by atoms with E-state index in [4.69, 9.17) is 4.42 Å². The highest BCUT2D eigenvalue weighted by Gasteiger charge is 2.30. The molecule has 2 heteroatoms. The third-order valence-electron chi connectivity index (χ3n) is 10.9. The minimum atomic E-state index is 0.241. The van der Waals surface area contributed by atoms with Gasteiger partial charge in [0.2, 0.25) is 0 Å². The molecule has 238 valence electrons. The largest absolute Gasteiger partial charge is 0.456 e. The van der Waals surface area contributed by atoms with Gasteiger partial charge < -0.3 is 8.98 Å². The van der Waals surface area contributed by atoms with Gasteiger partial charge in [-0.05, 0) is 98.6 Å². The van der Waals surface area contributed by atoms with Gasteiger partial charge in [0.25, 0.3) is 0 Å². The number of hydrogen-bond acceptors (Lipinski definition) is 1. The zero-order valence-corrected chi connectivity index (χ0v) is 27.8. The maximum atomic E-state index is 6.43. The van der Waals surface area contributed by atoms with Crippen molar-refractivity contribution in [1.82, 2.24) is 4.57 Å². The van der Waals surface area contributed by atoms with Gasteiger partial charge >= 0.3 is 0 Å². The number of rotatable bonds is 4. The average Bonchev–Trinajstić information content (AvgIpc) is 3.85. The van der Waals surface area contributed by atoms with Gasteiger partial charge in [0.1, 0.15) is 11.2 Å². The molecule has 1 unspecified atom stereocenters. The lowest BCUT2D eigenvalue weighted by Crippen LogP contribution is -1.98. The Hall–Kier alpha value is -6.64. The van der Waals surface area contributed by atoms with Crippen LogP contribution in [0.2, 0.25) is 0 Å². The molecule has 0 spiro atoms. The van der Waals surface area contributed by atoms with Crippen LogP contribution in [0.5, 0.6) is 0 Å². The van der Waals surface area contributed by atoms with Crippen LogP contribution < -0.4 is 0 Å². The van der Waals surface area contributed by atoms with Gasteiger partial charge in [-0.1, -0.05) is 133 Å². The highest BCUT2D eigenvalue weighted by atomic mass is 16.3. The number of furan rings is 1. The molecule has 0 amide bonds. The van der Waals surface area contributed by atoms with E-state index >= 15 is 0 Å². The lowest BCUT2D eigenvalue weighted by atomic mass is 9.89. The maximum Gasteiger partial charge on any atom is 0.137 e. The van der Waals surface area contributed by atoms with E-state index in [1.165, 1.54) is 71.9 Å². The van der Waals surface area contributed by atoms with Crippen LogP contribution in [0.4, 0.5) is 0 Å². The Morgan fingerprint density at radius 1 is 0.412 bits per heavy atom. The first-order valence-electron chi connectivity index (χ1n) is 17.6. The van der Waals surface area contributed by atoms with E-state index in [1.807, 2.05) is 6.07 Å². The van der Waals surface area contributed by atoms with Gasteiger partial charge in [-0.15, -0.1) is 0 Å². The SMILES string of the molecule is c1ccc(-c2cccc(-n3c4ccc(-c5ccc6c(c5)-c5ccccc5C6c5ccccc5)cc4c4ccc5oc6ccccc6c5c43)c2)cc1. The molecule has 2 heterocycles. The number of fused-ring (bicyclic) bond motifs is 10. The number of benzene rings is 8. The molecule has 8 aromatic carbocycles. The van der Waals surface area contributed by atoms with E-state index < -0.39 is 0 Å². The molecule has 0 N–H and O–H groups in total. The molecule has 2 nitrogen and oxygen atoms in total. The fourth-order valence-corrected chi connectivity index (χ4v) is 8.61. The van der Waals surface area contributed by atoms with Crippen LogP contribution >= 0.6 is 0 Å². The van der Waals surface area contributed by atoms with Gasteiger partial charge in [-0.25, -0.2) is 0 Å². The number of nitrogens with zero attached hydrogens (tertiary/aromatic N) is 1. The van der Waals surface area contributed by atoms with Crippen LogP contribution in [0.1, 0.15) is 22.6 Å². The highest BCUT2D eigenvalue weighted by Crippen LogP contribution is 2.49. The van der Waals surface area contributed by atoms with Gasteiger partial charge in [0.15, 0.2) is 0 Å². The van der Waals surface area contributed by atoms with Crippen LogP contribution in [0.25, 0.3) is 82.8 Å². The predicted octanol–water partition coefficient (Wildman–Crippen LogP) is 13.2. The maximum absolute atomic E-state index is 6.43. The molecule has 11 rings (SSSR count). The van der Waals surface area contributed by atoms with Gasteiger partial charge in [0, 0.05) is 27.8 Å². The number of para-hydroxylation sites is 1. The molecule has 0 saturated carbocycles. The Labute approximate surface area is 295 Å². The van der Waals surface area contributed by atoms with Crippen LogP contribution in [-0.2, 0) is 0 Å². The molecule has 1 aliphatic carbocycles. The van der Waals surface area contributed by atoms with Crippen molar-refractivity contribution in [1.29, 1.82) is 0 Å². The topological polar surface area (TPSA) is 18.1 Å². The zero-order chi connectivity index (χ0) is 33.5. The summed E-state index contributed by atoms with van der Waals surface area (Å²) in [5.74, 6) is 0.241. The Bertz CT molecular complexity index is 2970. The molecule has 10 aromatic rings. The van der Waals surface area contributed by atoms with Crippen LogP contribution in [-0.4, -0.2) is 4.57 Å². The van der Waals surface area contributed by atoms with Crippen molar-refractivity contribution in [3.63, 3.8) is 0 Å². The summed E-state index contributed by atoms with van der Waals surface area (Å²) < 4.78 is 8.87. The quantitative estimate of drug-likeness (QED) is 0.186. The number of aromatic nitrogens is 1. The summed E-state index contributed by atoms with van der Waals surface area (Å²) in [6.45, 7) is 0. The van der Waals surface area contributed by atoms with E-state index in [0.29, 0.717) is 0 Å². The molecule has 0 bridgehead atoms. The first kappa shape index (κ1) is 28.2. The second-order valence-electron chi connectivity index (χ2n) is 13.6. The molecule has 0 fully saturated rings. The molecule has 0 aliphatic heterocycles. The first-order valence-corrected chi connectivity index (χ1v) is 17.6. The Morgan fingerprint density at radius 2 is 1.12 bits per heavy atom. The van der Waals surface area contributed by atoms with E-state index in [0.717, 1.165) is 27.6 Å². The summed E-state index contributed by atoms with van der Waals surface area (Å²) >= 11 is 0. The summed E-state index contributed by atoms with van der Waals surface area (Å²) in [6, 6.07) is 66.2. The molecule has 0 radical (unpaired) electrons. The smallest absolute Gasteiger partial charge is 0.137 e. The fraction of sp³-hybridized carbons (Fsp3) is 0.0204. The Kier molecular flexibility index (Phi) is 6.05. The van der Waals surface area contributed by atoms with Crippen LogP contribution in [0.3, 0.4) is 0 Å².